The summed E-state index contributed by atoms with van der Waals surface area (Å²) in [5.74, 6) is 0.698. The summed E-state index contributed by atoms with van der Waals surface area (Å²) in [5.41, 5.74) is 1.19. The highest BCUT2D eigenvalue weighted by Gasteiger charge is 2.18. The Morgan fingerprint density at radius 2 is 2.04 bits per heavy atom. The van der Waals surface area contributed by atoms with Crippen molar-refractivity contribution in [1.82, 2.24) is 5.32 Å². The third-order valence-corrected chi connectivity index (χ3v) is 3.91. The zero-order valence-electron chi connectivity index (χ0n) is 13.3. The van der Waals surface area contributed by atoms with Crippen LogP contribution in [-0.2, 0) is 11.3 Å². The second kappa shape index (κ2) is 7.64. The van der Waals surface area contributed by atoms with Crippen molar-refractivity contribution in [2.24, 2.45) is 0 Å². The van der Waals surface area contributed by atoms with Gasteiger partial charge in [0.25, 0.3) is 0 Å². The van der Waals surface area contributed by atoms with Crippen molar-refractivity contribution >= 4 is 17.6 Å². The van der Waals surface area contributed by atoms with Gasteiger partial charge in [-0.1, -0.05) is 23.7 Å². The second-order valence-electron chi connectivity index (χ2n) is 5.34. The normalized spacial score (nSPS) is 13.6. The van der Waals surface area contributed by atoms with Crippen molar-refractivity contribution in [2.75, 3.05) is 7.11 Å². The SMILES string of the molecule is COC(=O)c1cc(CNC(C)C(O)c2ccc(Cl)cc2)oc1C. The topological polar surface area (TPSA) is 71.7 Å². The summed E-state index contributed by atoms with van der Waals surface area (Å²) in [4.78, 5) is 11.6. The van der Waals surface area contributed by atoms with E-state index < -0.39 is 12.1 Å². The Balaban J connectivity index is 1.97. The van der Waals surface area contributed by atoms with Gasteiger partial charge in [-0.15, -0.1) is 0 Å². The number of ether oxygens (including phenoxy) is 1. The molecule has 1 heterocycles. The lowest BCUT2D eigenvalue weighted by molar-refractivity contribution is 0.0599. The van der Waals surface area contributed by atoms with Crippen LogP contribution >= 0.6 is 11.6 Å². The van der Waals surface area contributed by atoms with E-state index in [9.17, 15) is 9.90 Å². The molecule has 2 atom stereocenters. The molecular weight excluding hydrogens is 318 g/mol. The van der Waals surface area contributed by atoms with Crippen LogP contribution in [0.3, 0.4) is 0 Å². The summed E-state index contributed by atoms with van der Waals surface area (Å²) in [6.07, 6.45) is -0.677. The number of nitrogens with one attached hydrogen (secondary N) is 1. The molecule has 0 amide bonds. The molecule has 0 aliphatic heterocycles. The van der Waals surface area contributed by atoms with Crippen LogP contribution in [0.5, 0.6) is 0 Å². The Morgan fingerprint density at radius 1 is 1.39 bits per heavy atom. The zero-order valence-corrected chi connectivity index (χ0v) is 14.1. The standard InChI is InChI=1S/C17H20ClNO4/c1-10(16(20)12-4-6-13(18)7-5-12)19-9-14-8-15(11(2)23-14)17(21)22-3/h4-8,10,16,19-20H,9H2,1-3H3. The van der Waals surface area contributed by atoms with Crippen molar-refractivity contribution in [3.05, 3.63) is 58.0 Å². The third-order valence-electron chi connectivity index (χ3n) is 3.66. The molecule has 0 fully saturated rings. The zero-order chi connectivity index (χ0) is 17.0. The number of carbonyl (C=O) groups is 1. The Hall–Kier alpha value is -1.82. The molecule has 124 valence electrons. The molecule has 23 heavy (non-hydrogen) atoms. The first-order valence-electron chi connectivity index (χ1n) is 7.27. The van der Waals surface area contributed by atoms with E-state index in [0.29, 0.717) is 28.7 Å². The number of carbonyl (C=O) groups excluding carboxylic acids is 1. The van der Waals surface area contributed by atoms with Crippen molar-refractivity contribution in [3.8, 4) is 0 Å². The van der Waals surface area contributed by atoms with Gasteiger partial charge in [0.15, 0.2) is 0 Å². The van der Waals surface area contributed by atoms with E-state index in [1.165, 1.54) is 7.11 Å². The predicted octanol–water partition coefficient (Wildman–Crippen LogP) is 3.24. The van der Waals surface area contributed by atoms with E-state index in [4.69, 9.17) is 20.8 Å². The van der Waals surface area contributed by atoms with Gasteiger partial charge < -0.3 is 19.6 Å². The van der Waals surface area contributed by atoms with Gasteiger partial charge in [0.2, 0.25) is 0 Å². The second-order valence-corrected chi connectivity index (χ2v) is 5.78. The first kappa shape index (κ1) is 17.5. The average molecular weight is 338 g/mol. The minimum atomic E-state index is -0.677. The molecule has 6 heteroatoms. The molecule has 0 aliphatic rings. The predicted molar refractivity (Wildman–Crippen MR) is 87.5 cm³/mol. The number of esters is 1. The van der Waals surface area contributed by atoms with E-state index in [-0.39, 0.29) is 6.04 Å². The number of rotatable bonds is 6. The minimum absolute atomic E-state index is 0.205. The van der Waals surface area contributed by atoms with Gasteiger partial charge in [0, 0.05) is 11.1 Å². The number of halogens is 1. The maximum Gasteiger partial charge on any atom is 0.341 e. The van der Waals surface area contributed by atoms with Crippen LogP contribution in [0.2, 0.25) is 5.02 Å². The molecule has 0 aliphatic carbocycles. The molecule has 2 aromatic rings. The molecule has 2 unspecified atom stereocenters. The number of hydrogen-bond acceptors (Lipinski definition) is 5. The van der Waals surface area contributed by atoms with E-state index in [1.54, 1.807) is 37.3 Å². The monoisotopic (exact) mass is 337 g/mol. The van der Waals surface area contributed by atoms with Crippen LogP contribution in [0, 0.1) is 6.92 Å². The van der Waals surface area contributed by atoms with E-state index in [1.807, 2.05) is 6.92 Å². The lowest BCUT2D eigenvalue weighted by Gasteiger charge is -2.20. The van der Waals surface area contributed by atoms with Crippen molar-refractivity contribution in [1.29, 1.82) is 0 Å². The number of aliphatic hydroxyl groups is 1. The van der Waals surface area contributed by atoms with Crippen molar-refractivity contribution in [2.45, 2.75) is 32.5 Å². The highest BCUT2D eigenvalue weighted by atomic mass is 35.5. The van der Waals surface area contributed by atoms with Gasteiger partial charge in [-0.05, 0) is 37.6 Å². The van der Waals surface area contributed by atoms with Gasteiger partial charge in [0.1, 0.15) is 17.1 Å². The molecule has 0 bridgehead atoms. The van der Waals surface area contributed by atoms with Crippen LogP contribution in [0.1, 0.15) is 40.5 Å². The largest absolute Gasteiger partial charge is 0.465 e. The van der Waals surface area contributed by atoms with Crippen LogP contribution < -0.4 is 5.32 Å². The molecule has 1 aromatic carbocycles. The van der Waals surface area contributed by atoms with Crippen LogP contribution in [0.4, 0.5) is 0 Å². The number of aryl methyl sites for hydroxylation is 1. The molecule has 0 radical (unpaired) electrons. The van der Waals surface area contributed by atoms with Crippen LogP contribution in [0.25, 0.3) is 0 Å². The Labute approximate surface area is 140 Å². The fraction of sp³-hybridized carbons (Fsp3) is 0.353. The number of methoxy groups -OCH3 is 1. The highest BCUT2D eigenvalue weighted by molar-refractivity contribution is 6.30. The fourth-order valence-electron chi connectivity index (χ4n) is 2.27. The first-order chi connectivity index (χ1) is 10.9. The average Bonchev–Trinajstić information content (AvgIpc) is 2.92. The maximum atomic E-state index is 11.6. The Morgan fingerprint density at radius 3 is 2.65 bits per heavy atom. The maximum absolute atomic E-state index is 11.6. The van der Waals surface area contributed by atoms with Gasteiger partial charge in [-0.25, -0.2) is 4.79 Å². The Bertz CT molecular complexity index is 666. The highest BCUT2D eigenvalue weighted by Crippen LogP contribution is 2.20. The molecule has 0 saturated heterocycles. The van der Waals surface area contributed by atoms with Crippen molar-refractivity contribution in [3.63, 3.8) is 0 Å². The summed E-state index contributed by atoms with van der Waals surface area (Å²) in [5, 5.41) is 14.1. The molecular formula is C17H20ClNO4. The van der Waals surface area contributed by atoms with Crippen molar-refractivity contribution < 1.29 is 19.1 Å². The molecule has 0 saturated carbocycles. The lowest BCUT2D eigenvalue weighted by Crippen LogP contribution is -2.31. The molecule has 0 spiro atoms. The number of furan rings is 1. The smallest absolute Gasteiger partial charge is 0.341 e. The molecule has 1 aromatic heterocycles. The summed E-state index contributed by atoms with van der Waals surface area (Å²) < 4.78 is 10.2. The molecule has 2 rings (SSSR count). The minimum Gasteiger partial charge on any atom is -0.465 e. The van der Waals surface area contributed by atoms with Gasteiger partial charge >= 0.3 is 5.97 Å². The van der Waals surface area contributed by atoms with Gasteiger partial charge in [-0.2, -0.15) is 0 Å². The van der Waals surface area contributed by atoms with Gasteiger partial charge in [-0.3, -0.25) is 0 Å². The van der Waals surface area contributed by atoms with E-state index in [2.05, 4.69) is 5.32 Å². The van der Waals surface area contributed by atoms with Gasteiger partial charge in [0.05, 0.1) is 19.8 Å². The Kier molecular flexibility index (Phi) is 5.82. The molecule has 2 N–H and O–H groups in total. The number of benzene rings is 1. The summed E-state index contributed by atoms with van der Waals surface area (Å²) >= 11 is 5.84. The quantitative estimate of drug-likeness (QED) is 0.792. The third kappa shape index (κ3) is 4.34. The summed E-state index contributed by atoms with van der Waals surface area (Å²) in [6.45, 7) is 3.97. The summed E-state index contributed by atoms with van der Waals surface area (Å²) in [7, 11) is 1.33. The van der Waals surface area contributed by atoms with E-state index >= 15 is 0 Å². The number of hydrogen-bond donors (Lipinski definition) is 2. The van der Waals surface area contributed by atoms with Crippen LogP contribution in [0.15, 0.2) is 34.7 Å². The summed E-state index contributed by atoms with van der Waals surface area (Å²) in [6, 6.07) is 8.50. The van der Waals surface area contributed by atoms with E-state index in [0.717, 1.165) is 5.56 Å². The van der Waals surface area contributed by atoms with Crippen LogP contribution in [-0.4, -0.2) is 24.2 Å². The number of aliphatic hydroxyl groups excluding tert-OH is 1. The fourth-order valence-corrected chi connectivity index (χ4v) is 2.39. The first-order valence-corrected chi connectivity index (χ1v) is 7.64. The lowest BCUT2D eigenvalue weighted by atomic mass is 10.0. The molecule has 5 nitrogen and oxygen atoms in total.